The van der Waals surface area contributed by atoms with Crippen molar-refractivity contribution in [3.8, 4) is 5.75 Å². The highest BCUT2D eigenvalue weighted by molar-refractivity contribution is 6.00. The van der Waals surface area contributed by atoms with E-state index in [0.29, 0.717) is 48.8 Å². The molecule has 3 rings (SSSR count). The molecule has 2 N–H and O–H groups in total. The summed E-state index contributed by atoms with van der Waals surface area (Å²) in [5, 5.41) is 2.99. The van der Waals surface area contributed by atoms with Gasteiger partial charge >= 0.3 is 5.97 Å². The van der Waals surface area contributed by atoms with Crippen molar-refractivity contribution in [1.29, 1.82) is 0 Å². The molecule has 0 spiro atoms. The summed E-state index contributed by atoms with van der Waals surface area (Å²) >= 11 is 0. The van der Waals surface area contributed by atoms with Crippen molar-refractivity contribution in [2.24, 2.45) is 5.92 Å². The molecule has 0 bridgehead atoms. The number of H-pyrrole nitrogens is 1. The van der Waals surface area contributed by atoms with Crippen molar-refractivity contribution in [2.45, 2.75) is 47.1 Å². The molecule has 1 unspecified atom stereocenters. The first-order valence-corrected chi connectivity index (χ1v) is 11.5. The second-order valence-electron chi connectivity index (χ2n) is 8.23. The third-order valence-electron chi connectivity index (χ3n) is 5.91. The smallest absolute Gasteiger partial charge is 0.340 e. The van der Waals surface area contributed by atoms with E-state index in [1.165, 1.54) is 0 Å². The van der Waals surface area contributed by atoms with E-state index in [2.05, 4.69) is 10.3 Å². The predicted molar refractivity (Wildman–Crippen MR) is 124 cm³/mol. The van der Waals surface area contributed by atoms with Gasteiger partial charge in [-0.25, -0.2) is 4.79 Å². The molecule has 0 saturated carbocycles. The Morgan fingerprint density at radius 3 is 2.52 bits per heavy atom. The molecule has 1 saturated heterocycles. The van der Waals surface area contributed by atoms with E-state index in [-0.39, 0.29) is 24.3 Å². The van der Waals surface area contributed by atoms with E-state index in [0.717, 1.165) is 24.2 Å². The van der Waals surface area contributed by atoms with Gasteiger partial charge in [0.05, 0.1) is 24.7 Å². The Morgan fingerprint density at radius 1 is 1.12 bits per heavy atom. The maximum absolute atomic E-state index is 13.2. The van der Waals surface area contributed by atoms with E-state index in [4.69, 9.17) is 9.47 Å². The van der Waals surface area contributed by atoms with Crippen LogP contribution >= 0.6 is 0 Å². The van der Waals surface area contributed by atoms with Crippen LogP contribution in [0.5, 0.6) is 5.75 Å². The predicted octanol–water partition coefficient (Wildman–Crippen LogP) is 3.38. The summed E-state index contributed by atoms with van der Waals surface area (Å²) in [7, 11) is 0. The summed E-state index contributed by atoms with van der Waals surface area (Å²) in [6, 6.07) is 7.63. The van der Waals surface area contributed by atoms with E-state index in [9.17, 15) is 14.4 Å². The molecule has 8 nitrogen and oxygen atoms in total. The number of likely N-dealkylation sites (tertiary alicyclic amines) is 1. The zero-order chi connectivity index (χ0) is 24.0. The normalized spacial score (nSPS) is 15.8. The number of carbonyl (C=O) groups is 3. The van der Waals surface area contributed by atoms with Crippen LogP contribution in [0.1, 0.15) is 64.4 Å². The van der Waals surface area contributed by atoms with E-state index < -0.39 is 5.97 Å². The minimum absolute atomic E-state index is 0.0621. The zero-order valence-corrected chi connectivity index (χ0v) is 19.8. The monoisotopic (exact) mass is 455 g/mol. The number of ether oxygens (including phenoxy) is 2. The molecule has 1 fully saturated rings. The Hall–Kier alpha value is -3.29. The molecule has 1 aromatic heterocycles. The number of aromatic amines is 1. The highest BCUT2D eigenvalue weighted by Crippen LogP contribution is 2.24. The van der Waals surface area contributed by atoms with Gasteiger partial charge in [-0.1, -0.05) is 12.1 Å². The van der Waals surface area contributed by atoms with Crippen LogP contribution in [-0.2, 0) is 16.1 Å². The van der Waals surface area contributed by atoms with Gasteiger partial charge in [-0.05, 0) is 63.8 Å². The second kappa shape index (κ2) is 11.0. The molecule has 2 aromatic rings. The minimum Gasteiger partial charge on any atom is -0.494 e. The largest absolute Gasteiger partial charge is 0.494 e. The number of aryl methyl sites for hydroxylation is 1. The first-order chi connectivity index (χ1) is 15.8. The fourth-order valence-electron chi connectivity index (χ4n) is 4.21. The quantitative estimate of drug-likeness (QED) is 0.595. The number of hydrogen-bond donors (Lipinski definition) is 2. The minimum atomic E-state index is -0.437. The summed E-state index contributed by atoms with van der Waals surface area (Å²) in [5.74, 6) is -0.169. The Labute approximate surface area is 194 Å². The third-order valence-corrected chi connectivity index (χ3v) is 5.91. The summed E-state index contributed by atoms with van der Waals surface area (Å²) < 4.78 is 10.6. The summed E-state index contributed by atoms with van der Waals surface area (Å²) in [5.41, 5.74) is 2.96. The number of nitrogens with zero attached hydrogens (tertiary/aromatic N) is 1. The highest BCUT2D eigenvalue weighted by atomic mass is 16.5. The van der Waals surface area contributed by atoms with Crippen molar-refractivity contribution in [3.63, 3.8) is 0 Å². The van der Waals surface area contributed by atoms with Gasteiger partial charge in [-0.2, -0.15) is 0 Å². The van der Waals surface area contributed by atoms with Crippen LogP contribution < -0.4 is 10.1 Å². The molecule has 0 aliphatic carbocycles. The summed E-state index contributed by atoms with van der Waals surface area (Å²) in [6.45, 7) is 9.41. The molecule has 178 valence electrons. The van der Waals surface area contributed by atoms with Gasteiger partial charge in [-0.3, -0.25) is 9.59 Å². The van der Waals surface area contributed by atoms with Gasteiger partial charge in [0.25, 0.3) is 5.91 Å². The molecule has 1 aliphatic rings. The van der Waals surface area contributed by atoms with Gasteiger partial charge in [0.1, 0.15) is 11.4 Å². The van der Waals surface area contributed by atoms with Crippen molar-refractivity contribution < 1.29 is 23.9 Å². The molecule has 0 radical (unpaired) electrons. The lowest BCUT2D eigenvalue weighted by atomic mass is 9.96. The lowest BCUT2D eigenvalue weighted by molar-refractivity contribution is -0.126. The van der Waals surface area contributed by atoms with Gasteiger partial charge in [0.2, 0.25) is 5.91 Å². The van der Waals surface area contributed by atoms with Gasteiger partial charge in [-0.15, -0.1) is 0 Å². The number of nitrogens with one attached hydrogen (secondary N) is 2. The molecule has 8 heteroatoms. The van der Waals surface area contributed by atoms with E-state index in [1.54, 1.807) is 25.7 Å². The molecule has 1 aromatic carbocycles. The van der Waals surface area contributed by atoms with Gasteiger partial charge in [0, 0.05) is 25.3 Å². The van der Waals surface area contributed by atoms with Crippen LogP contribution in [0.2, 0.25) is 0 Å². The average Bonchev–Trinajstić information content (AvgIpc) is 3.12. The number of esters is 1. The van der Waals surface area contributed by atoms with Crippen molar-refractivity contribution in [3.05, 3.63) is 52.3 Å². The van der Waals surface area contributed by atoms with Crippen molar-refractivity contribution in [2.75, 3.05) is 26.3 Å². The second-order valence-corrected chi connectivity index (χ2v) is 8.23. The fraction of sp³-hybridized carbons (Fsp3) is 0.480. The van der Waals surface area contributed by atoms with Crippen molar-refractivity contribution >= 4 is 17.8 Å². The van der Waals surface area contributed by atoms with Gasteiger partial charge in [0.15, 0.2) is 0 Å². The van der Waals surface area contributed by atoms with Crippen LogP contribution in [0, 0.1) is 19.8 Å². The van der Waals surface area contributed by atoms with Crippen LogP contribution in [0.3, 0.4) is 0 Å². The van der Waals surface area contributed by atoms with Crippen LogP contribution in [-0.4, -0.2) is 54.0 Å². The van der Waals surface area contributed by atoms with Crippen molar-refractivity contribution in [1.82, 2.24) is 15.2 Å². The van der Waals surface area contributed by atoms with Crippen LogP contribution in [0.15, 0.2) is 24.3 Å². The SMILES string of the molecule is CCOC(=O)c1c(C)[nH]c(C(=O)N2CCCC(C(=O)NCc3ccc(OCC)cc3)C2)c1C. The Morgan fingerprint density at radius 2 is 1.85 bits per heavy atom. The van der Waals surface area contributed by atoms with E-state index >= 15 is 0 Å². The molecule has 33 heavy (non-hydrogen) atoms. The fourth-order valence-corrected chi connectivity index (χ4v) is 4.21. The number of carbonyl (C=O) groups excluding carboxylic acids is 3. The Kier molecular flexibility index (Phi) is 8.14. The standard InChI is InChI=1S/C25H33N3O5/c1-5-32-20-11-9-18(10-12-20)14-26-23(29)19-8-7-13-28(15-19)24(30)22-16(3)21(17(4)27-22)25(31)33-6-2/h9-12,19,27H,5-8,13-15H2,1-4H3,(H,26,29). The van der Waals surface area contributed by atoms with Gasteiger partial charge < -0.3 is 24.7 Å². The van der Waals surface area contributed by atoms with Crippen LogP contribution in [0.25, 0.3) is 0 Å². The molecular formula is C25H33N3O5. The zero-order valence-electron chi connectivity index (χ0n) is 19.8. The summed E-state index contributed by atoms with van der Waals surface area (Å²) in [4.78, 5) is 43.0. The topological polar surface area (TPSA) is 101 Å². The number of aromatic nitrogens is 1. The van der Waals surface area contributed by atoms with Crippen LogP contribution in [0.4, 0.5) is 0 Å². The third kappa shape index (κ3) is 5.74. The first-order valence-electron chi connectivity index (χ1n) is 11.5. The number of hydrogen-bond acceptors (Lipinski definition) is 5. The molecule has 2 heterocycles. The molecule has 2 amide bonds. The molecule has 1 aliphatic heterocycles. The Bertz CT molecular complexity index is 996. The van der Waals surface area contributed by atoms with E-state index in [1.807, 2.05) is 31.2 Å². The lowest BCUT2D eigenvalue weighted by Gasteiger charge is -2.32. The maximum atomic E-state index is 13.2. The number of rotatable bonds is 8. The maximum Gasteiger partial charge on any atom is 0.340 e. The number of amides is 2. The molecule has 1 atom stereocenters. The summed E-state index contributed by atoms with van der Waals surface area (Å²) in [6.07, 6.45) is 1.48. The highest BCUT2D eigenvalue weighted by Gasteiger charge is 2.31. The number of piperidine rings is 1. The first kappa shape index (κ1) is 24.4. The Balaban J connectivity index is 1.61. The number of benzene rings is 1. The molecular weight excluding hydrogens is 422 g/mol. The average molecular weight is 456 g/mol. The lowest BCUT2D eigenvalue weighted by Crippen LogP contribution is -2.45.